The number of carbonyl (C=O) groups is 1. The zero-order valence-corrected chi connectivity index (χ0v) is 8.75. The first-order valence-electron chi connectivity index (χ1n) is 3.87. The summed E-state index contributed by atoms with van der Waals surface area (Å²) in [5.74, 6) is -1.54. The van der Waals surface area contributed by atoms with Crippen LogP contribution in [0.3, 0.4) is 0 Å². The second-order valence-corrected chi connectivity index (χ2v) is 2.74. The summed E-state index contributed by atoms with van der Waals surface area (Å²) in [7, 11) is 1.37. The average molecular weight is 236 g/mol. The van der Waals surface area contributed by atoms with Crippen LogP contribution in [0.5, 0.6) is 5.75 Å². The van der Waals surface area contributed by atoms with E-state index < -0.39 is 17.8 Å². The van der Waals surface area contributed by atoms with E-state index in [1.54, 1.807) is 0 Å². The lowest BCUT2D eigenvalue weighted by molar-refractivity contribution is -0.138. The molecule has 0 aromatic heterocycles. The van der Waals surface area contributed by atoms with Crippen LogP contribution < -0.4 is 10.5 Å². The fourth-order valence-electron chi connectivity index (χ4n) is 1.02. The van der Waals surface area contributed by atoms with Gasteiger partial charge in [0.15, 0.2) is 0 Å². The maximum absolute atomic E-state index is 12.9. The number of halogens is 2. The standard InChI is InChI=1S/C9H10FNO3.ClH/c1-14-7-3-5(2-6(10)4-7)8(11)9(12)13;/h2-4,8H,11H2,1H3,(H,12,13);1H/t8-;/m0./s1. The van der Waals surface area contributed by atoms with Gasteiger partial charge in [0.2, 0.25) is 0 Å². The molecule has 0 heterocycles. The lowest BCUT2D eigenvalue weighted by Crippen LogP contribution is -2.20. The summed E-state index contributed by atoms with van der Waals surface area (Å²) in [6.07, 6.45) is 0. The molecule has 0 amide bonds. The van der Waals surface area contributed by atoms with Gasteiger partial charge in [0.25, 0.3) is 0 Å². The molecule has 1 rings (SSSR count). The van der Waals surface area contributed by atoms with Crippen molar-refractivity contribution in [2.24, 2.45) is 5.73 Å². The molecule has 0 unspecified atom stereocenters. The van der Waals surface area contributed by atoms with Crippen LogP contribution in [0.2, 0.25) is 0 Å². The molecule has 0 saturated heterocycles. The minimum absolute atomic E-state index is 0. The molecule has 1 atom stereocenters. The van der Waals surface area contributed by atoms with Crippen molar-refractivity contribution >= 4 is 18.4 Å². The monoisotopic (exact) mass is 235 g/mol. The second-order valence-electron chi connectivity index (χ2n) is 2.74. The van der Waals surface area contributed by atoms with Crippen LogP contribution in [-0.4, -0.2) is 18.2 Å². The number of hydrogen-bond acceptors (Lipinski definition) is 3. The number of rotatable bonds is 3. The van der Waals surface area contributed by atoms with Crippen molar-refractivity contribution < 1.29 is 19.0 Å². The topological polar surface area (TPSA) is 72.5 Å². The van der Waals surface area contributed by atoms with Gasteiger partial charge in [-0.05, 0) is 17.7 Å². The predicted octanol–water partition coefficient (Wildman–Crippen LogP) is 1.34. The highest BCUT2D eigenvalue weighted by atomic mass is 35.5. The molecule has 0 fully saturated rings. The number of carboxylic acid groups (broad SMARTS) is 1. The summed E-state index contributed by atoms with van der Waals surface area (Å²) in [6, 6.07) is 2.38. The largest absolute Gasteiger partial charge is 0.497 e. The van der Waals surface area contributed by atoms with Crippen molar-refractivity contribution in [3.05, 3.63) is 29.6 Å². The van der Waals surface area contributed by atoms with Gasteiger partial charge < -0.3 is 15.6 Å². The van der Waals surface area contributed by atoms with Gasteiger partial charge in [-0.1, -0.05) is 0 Å². The van der Waals surface area contributed by atoms with E-state index in [2.05, 4.69) is 0 Å². The van der Waals surface area contributed by atoms with Crippen LogP contribution in [0, 0.1) is 5.82 Å². The van der Waals surface area contributed by atoms with Crippen LogP contribution in [0.25, 0.3) is 0 Å². The molecule has 0 aliphatic carbocycles. The molecular formula is C9H11ClFNO3. The Morgan fingerprint density at radius 2 is 2.13 bits per heavy atom. The van der Waals surface area contributed by atoms with Gasteiger partial charge in [-0.3, -0.25) is 4.79 Å². The number of methoxy groups -OCH3 is 1. The van der Waals surface area contributed by atoms with Crippen LogP contribution in [0.15, 0.2) is 18.2 Å². The summed E-state index contributed by atoms with van der Waals surface area (Å²) >= 11 is 0. The summed E-state index contributed by atoms with van der Waals surface area (Å²) in [5, 5.41) is 8.60. The first-order chi connectivity index (χ1) is 6.54. The van der Waals surface area contributed by atoms with E-state index in [1.165, 1.54) is 13.2 Å². The Kier molecular flexibility index (Phi) is 5.04. The first-order valence-corrected chi connectivity index (χ1v) is 3.87. The SMILES string of the molecule is COc1cc(F)cc([C@H](N)C(=O)O)c1.Cl. The van der Waals surface area contributed by atoms with Crippen molar-refractivity contribution in [3.8, 4) is 5.75 Å². The minimum atomic E-state index is -1.24. The Hall–Kier alpha value is -1.33. The molecule has 84 valence electrons. The van der Waals surface area contributed by atoms with Gasteiger partial charge in [0, 0.05) is 6.07 Å². The highest BCUT2D eigenvalue weighted by molar-refractivity contribution is 5.85. The average Bonchev–Trinajstić information content (AvgIpc) is 2.15. The van der Waals surface area contributed by atoms with Gasteiger partial charge in [0.05, 0.1) is 7.11 Å². The third kappa shape index (κ3) is 3.38. The van der Waals surface area contributed by atoms with E-state index in [0.29, 0.717) is 0 Å². The highest BCUT2D eigenvalue weighted by Crippen LogP contribution is 2.20. The number of nitrogens with two attached hydrogens (primary N) is 1. The molecule has 15 heavy (non-hydrogen) atoms. The number of benzene rings is 1. The van der Waals surface area contributed by atoms with Crippen LogP contribution in [0.4, 0.5) is 4.39 Å². The summed E-state index contributed by atoms with van der Waals surface area (Å²) < 4.78 is 17.7. The second kappa shape index (κ2) is 5.53. The smallest absolute Gasteiger partial charge is 0.325 e. The molecule has 4 nitrogen and oxygen atoms in total. The van der Waals surface area contributed by atoms with Crippen molar-refractivity contribution in [1.82, 2.24) is 0 Å². The van der Waals surface area contributed by atoms with Crippen LogP contribution in [-0.2, 0) is 4.79 Å². The number of ether oxygens (including phenoxy) is 1. The summed E-state index contributed by atoms with van der Waals surface area (Å²) in [5.41, 5.74) is 5.48. The molecular weight excluding hydrogens is 225 g/mol. The molecule has 0 aliphatic heterocycles. The number of aliphatic carboxylic acids is 1. The molecule has 1 aromatic carbocycles. The molecule has 6 heteroatoms. The molecule has 1 aromatic rings. The Labute approximate surface area is 92.3 Å². The molecule has 0 aliphatic rings. The fraction of sp³-hybridized carbons (Fsp3) is 0.222. The molecule has 0 radical (unpaired) electrons. The van der Waals surface area contributed by atoms with Gasteiger partial charge in [-0.25, -0.2) is 4.39 Å². The quantitative estimate of drug-likeness (QED) is 0.829. The molecule has 3 N–H and O–H groups in total. The van der Waals surface area contributed by atoms with E-state index in [-0.39, 0.29) is 23.7 Å². The Morgan fingerprint density at radius 1 is 1.53 bits per heavy atom. The van der Waals surface area contributed by atoms with Gasteiger partial charge in [-0.2, -0.15) is 0 Å². The van der Waals surface area contributed by atoms with Gasteiger partial charge in [-0.15, -0.1) is 12.4 Å². The first kappa shape index (κ1) is 13.7. The normalized spacial score (nSPS) is 11.4. The molecule has 0 spiro atoms. The van der Waals surface area contributed by atoms with Crippen molar-refractivity contribution in [2.45, 2.75) is 6.04 Å². The fourth-order valence-corrected chi connectivity index (χ4v) is 1.02. The van der Waals surface area contributed by atoms with Crippen molar-refractivity contribution in [1.29, 1.82) is 0 Å². The molecule has 0 bridgehead atoms. The van der Waals surface area contributed by atoms with E-state index >= 15 is 0 Å². The Balaban J connectivity index is 0.00000196. The number of carboxylic acids is 1. The minimum Gasteiger partial charge on any atom is -0.497 e. The van der Waals surface area contributed by atoms with Crippen LogP contribution in [0.1, 0.15) is 11.6 Å². The van der Waals surface area contributed by atoms with Crippen molar-refractivity contribution in [3.63, 3.8) is 0 Å². The maximum Gasteiger partial charge on any atom is 0.325 e. The van der Waals surface area contributed by atoms with Crippen LogP contribution >= 0.6 is 12.4 Å². The number of hydrogen-bond donors (Lipinski definition) is 2. The zero-order valence-electron chi connectivity index (χ0n) is 7.94. The Bertz CT molecular complexity index is 359. The Morgan fingerprint density at radius 3 is 2.60 bits per heavy atom. The van der Waals surface area contributed by atoms with E-state index in [4.69, 9.17) is 15.6 Å². The maximum atomic E-state index is 12.9. The lowest BCUT2D eigenvalue weighted by Gasteiger charge is -2.08. The van der Waals surface area contributed by atoms with E-state index in [0.717, 1.165) is 12.1 Å². The van der Waals surface area contributed by atoms with Crippen molar-refractivity contribution in [2.75, 3.05) is 7.11 Å². The van der Waals surface area contributed by atoms with Gasteiger partial charge in [0.1, 0.15) is 17.6 Å². The van der Waals surface area contributed by atoms with Gasteiger partial charge >= 0.3 is 5.97 Å². The highest BCUT2D eigenvalue weighted by Gasteiger charge is 2.15. The van der Waals surface area contributed by atoms with E-state index in [9.17, 15) is 9.18 Å². The zero-order chi connectivity index (χ0) is 10.7. The summed E-state index contributed by atoms with van der Waals surface area (Å²) in [4.78, 5) is 10.5. The molecule has 0 saturated carbocycles. The summed E-state index contributed by atoms with van der Waals surface area (Å²) in [6.45, 7) is 0. The van der Waals surface area contributed by atoms with E-state index in [1.807, 2.05) is 0 Å². The third-order valence-electron chi connectivity index (χ3n) is 1.75. The lowest BCUT2D eigenvalue weighted by atomic mass is 10.1. The predicted molar refractivity (Wildman–Crippen MR) is 54.8 cm³/mol. The third-order valence-corrected chi connectivity index (χ3v) is 1.75.